The SMILES string of the molecule is C.C.C[C@]12CC[C@@H]3c4ccc(N)cc4CC[C@H]3C1CCC2=O.C[C@]12CC[C@@H]3c4ccc(N=S(=O)(F)F)cc4CC[C@H]3C1CCC2=O.O=S(F)(F)(F)F. The minimum atomic E-state index is -8.10. The van der Waals surface area contributed by atoms with E-state index in [4.69, 9.17) is 9.94 Å². The Kier molecular flexibility index (Phi) is 11.7. The molecule has 0 spiro atoms. The number of Topliss-reactive ketones (excluding diaryl/α,β-unsaturated/α-hetero) is 2. The van der Waals surface area contributed by atoms with E-state index in [1.165, 1.54) is 29.5 Å². The fraction of sp³-hybridized carbons (Fsp3) is 0.632. The first kappa shape index (κ1) is 42.0. The monoisotopic (exact) mass is 778 g/mol. The van der Waals surface area contributed by atoms with Crippen molar-refractivity contribution in [2.75, 3.05) is 5.73 Å². The summed E-state index contributed by atoms with van der Waals surface area (Å²) in [4.78, 5) is 24.6. The van der Waals surface area contributed by atoms with Crippen LogP contribution in [0.4, 0.5) is 34.7 Å². The Balaban J connectivity index is 0.000000197. The van der Waals surface area contributed by atoms with Gasteiger partial charge < -0.3 is 5.73 Å². The summed E-state index contributed by atoms with van der Waals surface area (Å²) in [6.07, 6.45) is 12.0. The number of aryl methyl sites for hydroxylation is 2. The molecule has 6 aliphatic rings. The maximum Gasteiger partial charge on any atom is 0.456 e. The Morgan fingerprint density at radius 1 is 0.712 bits per heavy atom. The van der Waals surface area contributed by atoms with Crippen LogP contribution in [0.15, 0.2) is 40.8 Å². The van der Waals surface area contributed by atoms with Crippen LogP contribution in [0.3, 0.4) is 0 Å². The van der Waals surface area contributed by atoms with Gasteiger partial charge in [-0.3, -0.25) is 9.59 Å². The number of carbonyl (C=O) groups is 2. The number of carbonyl (C=O) groups excluding carboxylic acids is 2. The molecule has 8 atom stereocenters. The molecule has 0 amide bonds. The molecule has 52 heavy (non-hydrogen) atoms. The van der Waals surface area contributed by atoms with Crippen molar-refractivity contribution in [2.45, 2.75) is 118 Å². The van der Waals surface area contributed by atoms with E-state index in [2.05, 4.69) is 36.4 Å². The molecule has 8 rings (SSSR count). The van der Waals surface area contributed by atoms with Crippen molar-refractivity contribution in [3.8, 4) is 0 Å². The molecule has 0 aliphatic heterocycles. The summed E-state index contributed by atoms with van der Waals surface area (Å²) in [5.74, 6) is 4.34. The van der Waals surface area contributed by atoms with Crippen molar-refractivity contribution in [1.29, 1.82) is 0 Å². The number of anilines is 1. The maximum atomic E-state index is 12.7. The van der Waals surface area contributed by atoms with E-state index in [1.54, 1.807) is 12.1 Å². The van der Waals surface area contributed by atoms with Crippen molar-refractivity contribution in [2.24, 2.45) is 38.9 Å². The third-order valence-corrected chi connectivity index (χ3v) is 13.5. The zero-order valence-corrected chi connectivity index (χ0v) is 29.8. The van der Waals surface area contributed by atoms with Crippen LogP contribution in [-0.2, 0) is 43.5 Å². The van der Waals surface area contributed by atoms with Crippen molar-refractivity contribution in [3.63, 3.8) is 0 Å². The molecule has 0 aromatic heterocycles. The average Bonchev–Trinajstić information content (AvgIpc) is 3.49. The number of hydrogen-bond donors (Lipinski definition) is 1. The third kappa shape index (κ3) is 8.63. The van der Waals surface area contributed by atoms with Gasteiger partial charge in [-0.2, -0.15) is 8.42 Å². The van der Waals surface area contributed by atoms with Gasteiger partial charge in [-0.25, -0.2) is 0 Å². The first-order valence-electron chi connectivity index (χ1n) is 17.4. The number of benzene rings is 2. The highest BCUT2D eigenvalue weighted by atomic mass is 32.4. The Morgan fingerprint density at radius 3 is 1.58 bits per heavy atom. The molecule has 0 heterocycles. The van der Waals surface area contributed by atoms with E-state index in [0.29, 0.717) is 47.6 Å². The fourth-order valence-electron chi connectivity index (χ4n) is 10.9. The van der Waals surface area contributed by atoms with Crippen LogP contribution in [0, 0.1) is 34.5 Å². The largest absolute Gasteiger partial charge is 0.456 e. The van der Waals surface area contributed by atoms with Crippen molar-refractivity contribution in [1.82, 2.24) is 0 Å². The van der Waals surface area contributed by atoms with Gasteiger partial charge in [0.2, 0.25) is 0 Å². The van der Waals surface area contributed by atoms with Crippen molar-refractivity contribution < 1.29 is 41.3 Å². The second-order valence-electron chi connectivity index (χ2n) is 15.6. The molecule has 14 heteroatoms. The molecule has 2 aromatic rings. The van der Waals surface area contributed by atoms with Crippen LogP contribution >= 0.6 is 0 Å². The van der Waals surface area contributed by atoms with Crippen LogP contribution in [0.2, 0.25) is 0 Å². The van der Waals surface area contributed by atoms with Gasteiger partial charge in [0, 0.05) is 29.4 Å². The first-order chi connectivity index (χ1) is 23.1. The molecule has 2 unspecified atom stereocenters. The van der Waals surface area contributed by atoms with Gasteiger partial charge in [0.05, 0.1) is 5.69 Å². The van der Waals surface area contributed by atoms with Gasteiger partial charge in [-0.1, -0.05) is 64.1 Å². The number of halogens is 6. The van der Waals surface area contributed by atoms with Gasteiger partial charge in [-0.05, 0) is 146 Å². The van der Waals surface area contributed by atoms with E-state index < -0.39 is 21.1 Å². The van der Waals surface area contributed by atoms with E-state index in [9.17, 15) is 37.1 Å². The molecule has 6 aliphatic carbocycles. The summed E-state index contributed by atoms with van der Waals surface area (Å²) in [5, 5.41) is 0. The van der Waals surface area contributed by atoms with Crippen LogP contribution in [0.25, 0.3) is 0 Å². The molecular formula is C38H52F6N2O4S2. The van der Waals surface area contributed by atoms with E-state index in [-0.39, 0.29) is 31.4 Å². The number of nitrogens with two attached hydrogens (primary N) is 1. The van der Waals surface area contributed by atoms with Gasteiger partial charge in [0.25, 0.3) is 0 Å². The molecule has 0 bridgehead atoms. The van der Waals surface area contributed by atoms with Gasteiger partial charge in [-0.15, -0.1) is 4.36 Å². The summed E-state index contributed by atoms with van der Waals surface area (Å²) in [6.45, 7) is 4.38. The Morgan fingerprint density at radius 2 is 1.13 bits per heavy atom. The second-order valence-corrected chi connectivity index (χ2v) is 17.8. The molecule has 0 saturated heterocycles. The molecule has 2 aromatic carbocycles. The second kappa shape index (κ2) is 14.5. The summed E-state index contributed by atoms with van der Waals surface area (Å²) in [7, 11) is -13.2. The number of nitrogens with zero attached hydrogens (tertiary/aromatic N) is 1. The minimum Gasteiger partial charge on any atom is -0.399 e. The van der Waals surface area contributed by atoms with Crippen molar-refractivity contribution >= 4 is 44.1 Å². The zero-order valence-electron chi connectivity index (χ0n) is 28.2. The summed E-state index contributed by atoms with van der Waals surface area (Å²) < 4.78 is 86.8. The van der Waals surface area contributed by atoms with Crippen LogP contribution in [0.5, 0.6) is 0 Å². The predicted octanol–water partition coefficient (Wildman–Crippen LogP) is 11.3. The lowest BCUT2D eigenvalue weighted by Gasteiger charge is -2.48. The van der Waals surface area contributed by atoms with Crippen LogP contribution < -0.4 is 5.73 Å². The minimum absolute atomic E-state index is 0. The first-order valence-corrected chi connectivity index (χ1v) is 20.3. The quantitative estimate of drug-likeness (QED) is 0.176. The summed E-state index contributed by atoms with van der Waals surface area (Å²) in [5.41, 5.74) is 12.0. The van der Waals surface area contributed by atoms with E-state index >= 15 is 0 Å². The zero-order chi connectivity index (χ0) is 36.5. The normalized spacial score (nSPS) is 33.4. The fourth-order valence-corrected chi connectivity index (χ4v) is 11.3. The van der Waals surface area contributed by atoms with Gasteiger partial charge in [0.15, 0.2) is 0 Å². The molecule has 4 saturated carbocycles. The standard InChI is InChI=1S/C18H21F2NO2S.C18H23NO.2CH4.F4OS/c1-18-9-8-14-13-5-3-12(21-24(19,20)23)10-11(13)2-4-15(14)16(18)6-7-17(18)22;1-18-9-8-14-13-5-3-12(19)10-11(13)2-4-15(14)16(18)6-7-17(18)20;;;1-6(2,3,4)5/h3,5,10,14-16H,2,4,6-9H2,1H3;3,5,10,14-16H,2,4,6-9,19H2,1H3;2*1H4;/t2*14-,15-,16?,18+;;;/m11.../s1. The highest BCUT2D eigenvalue weighted by Crippen LogP contribution is 2.61. The Hall–Kier alpha value is -2.74. The molecule has 292 valence electrons. The number of ketones is 2. The smallest absolute Gasteiger partial charge is 0.399 e. The lowest BCUT2D eigenvalue weighted by molar-refractivity contribution is -0.130. The summed E-state index contributed by atoms with van der Waals surface area (Å²) >= 11 is 0. The topological polar surface area (TPSA) is 107 Å². The van der Waals surface area contributed by atoms with E-state index in [0.717, 1.165) is 75.0 Å². The summed E-state index contributed by atoms with van der Waals surface area (Å²) in [6, 6.07) is 11.6. The average molecular weight is 779 g/mol. The Labute approximate surface area is 305 Å². The molecular weight excluding hydrogens is 727 g/mol. The number of fused-ring (bicyclic) bond motifs is 10. The number of hydrogen-bond acceptors (Lipinski definition) is 6. The van der Waals surface area contributed by atoms with E-state index in [1.807, 2.05) is 6.07 Å². The molecule has 4 fully saturated rings. The van der Waals surface area contributed by atoms with Gasteiger partial charge >= 0.3 is 21.1 Å². The van der Waals surface area contributed by atoms with Crippen LogP contribution in [0.1, 0.15) is 127 Å². The molecule has 2 N–H and O–H groups in total. The maximum absolute atomic E-state index is 12.7. The lowest BCUT2D eigenvalue weighted by atomic mass is 9.55. The number of rotatable bonds is 1. The highest BCUT2D eigenvalue weighted by Gasteiger charge is 2.55. The predicted molar refractivity (Wildman–Crippen MR) is 195 cm³/mol. The third-order valence-electron chi connectivity index (χ3n) is 13.1. The highest BCUT2D eigenvalue weighted by molar-refractivity contribution is 8.01. The van der Waals surface area contributed by atoms with Crippen molar-refractivity contribution in [3.05, 3.63) is 58.7 Å². The van der Waals surface area contributed by atoms with Crippen LogP contribution in [-0.4, -0.2) is 20.0 Å². The Bertz CT molecular complexity index is 1880. The van der Waals surface area contributed by atoms with Gasteiger partial charge in [0.1, 0.15) is 11.6 Å². The number of nitrogen functional groups attached to an aromatic ring is 1. The lowest BCUT2D eigenvalue weighted by Crippen LogP contribution is -2.42. The molecule has 6 nitrogen and oxygen atoms in total. The molecule has 0 radical (unpaired) electrons.